The van der Waals surface area contributed by atoms with E-state index in [-0.39, 0.29) is 5.75 Å². The molecule has 0 aliphatic carbocycles. The highest BCUT2D eigenvalue weighted by Crippen LogP contribution is 2.27. The highest BCUT2D eigenvalue weighted by molar-refractivity contribution is 5.79. The van der Waals surface area contributed by atoms with Crippen molar-refractivity contribution in [3.05, 3.63) is 59.4 Å². The maximum atomic E-state index is 13.5. The number of hydrogen-bond donors (Lipinski definition) is 0. The zero-order valence-corrected chi connectivity index (χ0v) is 9.31. The van der Waals surface area contributed by atoms with Crippen LogP contribution in [-0.2, 0) is 0 Å². The maximum Gasteiger partial charge on any atom is 0.165 e. The number of aryl methyl sites for hydroxylation is 1. The van der Waals surface area contributed by atoms with Gasteiger partial charge in [-0.2, -0.15) is 0 Å². The van der Waals surface area contributed by atoms with Crippen LogP contribution in [0, 0.1) is 12.7 Å². The van der Waals surface area contributed by atoms with Crippen LogP contribution in [0.25, 0.3) is 0 Å². The number of hydrogen-bond acceptors (Lipinski definition) is 2. The van der Waals surface area contributed by atoms with E-state index in [4.69, 9.17) is 4.74 Å². The van der Waals surface area contributed by atoms with E-state index in [0.29, 0.717) is 17.6 Å². The highest BCUT2D eigenvalue weighted by atomic mass is 19.1. The van der Waals surface area contributed by atoms with Crippen LogP contribution in [0.3, 0.4) is 0 Å². The first-order chi connectivity index (χ1) is 8.20. The Kier molecular flexibility index (Phi) is 3.19. The second-order valence-corrected chi connectivity index (χ2v) is 3.69. The Morgan fingerprint density at radius 2 is 1.88 bits per heavy atom. The molecule has 0 aromatic heterocycles. The monoisotopic (exact) mass is 230 g/mol. The van der Waals surface area contributed by atoms with Gasteiger partial charge < -0.3 is 4.74 Å². The van der Waals surface area contributed by atoms with Crippen molar-refractivity contribution in [3.8, 4) is 11.5 Å². The van der Waals surface area contributed by atoms with Gasteiger partial charge in [0.1, 0.15) is 5.75 Å². The van der Waals surface area contributed by atoms with Crippen LogP contribution in [0.5, 0.6) is 11.5 Å². The Morgan fingerprint density at radius 3 is 2.65 bits per heavy atom. The van der Waals surface area contributed by atoms with Crippen molar-refractivity contribution < 1.29 is 13.9 Å². The first kappa shape index (κ1) is 11.3. The van der Waals surface area contributed by atoms with Gasteiger partial charge in [-0.15, -0.1) is 0 Å². The third-order valence-electron chi connectivity index (χ3n) is 2.35. The standard InChI is InChI=1S/C14H11FO2/c1-10-6-7-12(15)14(8-10)17-13-5-3-2-4-11(13)9-16/h2-9H,1H3. The van der Waals surface area contributed by atoms with Gasteiger partial charge in [0.05, 0.1) is 5.56 Å². The van der Waals surface area contributed by atoms with Crippen molar-refractivity contribution in [2.24, 2.45) is 0 Å². The summed E-state index contributed by atoms with van der Waals surface area (Å²) in [5.41, 5.74) is 1.29. The predicted octanol–water partition coefficient (Wildman–Crippen LogP) is 3.74. The summed E-state index contributed by atoms with van der Waals surface area (Å²) >= 11 is 0. The molecule has 0 bridgehead atoms. The van der Waals surface area contributed by atoms with Crippen LogP contribution in [0.2, 0.25) is 0 Å². The number of ether oxygens (including phenoxy) is 1. The van der Waals surface area contributed by atoms with E-state index in [1.165, 1.54) is 6.07 Å². The summed E-state index contributed by atoms with van der Waals surface area (Å²) in [6.45, 7) is 1.85. The van der Waals surface area contributed by atoms with Crippen molar-refractivity contribution in [2.45, 2.75) is 6.92 Å². The lowest BCUT2D eigenvalue weighted by Crippen LogP contribution is -1.92. The van der Waals surface area contributed by atoms with Gasteiger partial charge in [0.25, 0.3) is 0 Å². The molecule has 2 aromatic carbocycles. The molecule has 2 nitrogen and oxygen atoms in total. The molecule has 0 saturated heterocycles. The Hall–Kier alpha value is -2.16. The summed E-state index contributed by atoms with van der Waals surface area (Å²) in [7, 11) is 0. The fraction of sp³-hybridized carbons (Fsp3) is 0.0714. The molecule has 0 unspecified atom stereocenters. The smallest absolute Gasteiger partial charge is 0.165 e. The minimum absolute atomic E-state index is 0.124. The van der Waals surface area contributed by atoms with Gasteiger partial charge >= 0.3 is 0 Å². The van der Waals surface area contributed by atoms with Crippen molar-refractivity contribution in [1.82, 2.24) is 0 Å². The minimum atomic E-state index is -0.448. The molecule has 86 valence electrons. The molecule has 0 atom stereocenters. The molecular formula is C14H11FO2. The molecule has 2 aromatic rings. The van der Waals surface area contributed by atoms with E-state index >= 15 is 0 Å². The molecule has 0 fully saturated rings. The van der Waals surface area contributed by atoms with Crippen LogP contribution < -0.4 is 4.74 Å². The Balaban J connectivity index is 2.37. The molecule has 0 aliphatic heterocycles. The molecule has 3 heteroatoms. The lowest BCUT2D eigenvalue weighted by atomic mass is 10.2. The summed E-state index contributed by atoms with van der Waals surface area (Å²) < 4.78 is 18.9. The Bertz CT molecular complexity index is 550. The van der Waals surface area contributed by atoms with Gasteiger partial charge in [0.15, 0.2) is 17.9 Å². The summed E-state index contributed by atoms with van der Waals surface area (Å²) in [6, 6.07) is 11.3. The average Bonchev–Trinajstić information content (AvgIpc) is 2.34. The number of carbonyl (C=O) groups is 1. The van der Waals surface area contributed by atoms with Gasteiger partial charge in [0.2, 0.25) is 0 Å². The molecule has 0 aliphatic rings. The molecule has 0 radical (unpaired) electrons. The SMILES string of the molecule is Cc1ccc(F)c(Oc2ccccc2C=O)c1. The van der Waals surface area contributed by atoms with E-state index < -0.39 is 5.82 Å². The van der Waals surface area contributed by atoms with Crippen molar-refractivity contribution in [2.75, 3.05) is 0 Å². The van der Waals surface area contributed by atoms with Crippen LogP contribution in [-0.4, -0.2) is 6.29 Å². The van der Waals surface area contributed by atoms with Crippen molar-refractivity contribution in [3.63, 3.8) is 0 Å². The molecule has 0 heterocycles. The number of para-hydroxylation sites is 1. The minimum Gasteiger partial charge on any atom is -0.454 e. The Labute approximate surface area is 98.7 Å². The van der Waals surface area contributed by atoms with Gasteiger partial charge in [-0.3, -0.25) is 4.79 Å². The van der Waals surface area contributed by atoms with Crippen LogP contribution >= 0.6 is 0 Å². The number of carbonyl (C=O) groups excluding carboxylic acids is 1. The molecule has 0 saturated carbocycles. The topological polar surface area (TPSA) is 26.3 Å². The van der Waals surface area contributed by atoms with Gasteiger partial charge in [0, 0.05) is 0 Å². The van der Waals surface area contributed by atoms with E-state index in [1.54, 1.807) is 36.4 Å². The number of rotatable bonds is 3. The lowest BCUT2D eigenvalue weighted by Gasteiger charge is -2.09. The van der Waals surface area contributed by atoms with Crippen molar-refractivity contribution in [1.29, 1.82) is 0 Å². The summed E-state index contributed by atoms with van der Waals surface area (Å²) in [6.07, 6.45) is 0.684. The molecule has 17 heavy (non-hydrogen) atoms. The van der Waals surface area contributed by atoms with Crippen LogP contribution in [0.4, 0.5) is 4.39 Å². The lowest BCUT2D eigenvalue weighted by molar-refractivity contribution is 0.112. The summed E-state index contributed by atoms with van der Waals surface area (Å²) in [5, 5.41) is 0. The molecule has 0 amide bonds. The fourth-order valence-electron chi connectivity index (χ4n) is 1.48. The van der Waals surface area contributed by atoms with Crippen LogP contribution in [0.15, 0.2) is 42.5 Å². The number of halogens is 1. The molecule has 0 N–H and O–H groups in total. The quantitative estimate of drug-likeness (QED) is 0.751. The number of benzene rings is 2. The highest BCUT2D eigenvalue weighted by Gasteiger charge is 2.07. The Morgan fingerprint density at radius 1 is 1.12 bits per heavy atom. The summed E-state index contributed by atoms with van der Waals surface area (Å²) in [5.74, 6) is 0.0302. The van der Waals surface area contributed by atoms with E-state index in [1.807, 2.05) is 6.92 Å². The first-order valence-electron chi connectivity index (χ1n) is 5.19. The summed E-state index contributed by atoms with van der Waals surface area (Å²) in [4.78, 5) is 10.8. The van der Waals surface area contributed by atoms with Crippen molar-refractivity contribution >= 4 is 6.29 Å². The molecular weight excluding hydrogens is 219 g/mol. The maximum absolute atomic E-state index is 13.5. The second-order valence-electron chi connectivity index (χ2n) is 3.69. The van der Waals surface area contributed by atoms with Crippen LogP contribution in [0.1, 0.15) is 15.9 Å². The normalized spacial score (nSPS) is 10.0. The van der Waals surface area contributed by atoms with E-state index in [0.717, 1.165) is 5.56 Å². The molecule has 2 rings (SSSR count). The fourth-order valence-corrected chi connectivity index (χ4v) is 1.48. The third-order valence-corrected chi connectivity index (χ3v) is 2.35. The van der Waals surface area contributed by atoms with Gasteiger partial charge in [-0.25, -0.2) is 4.39 Å². The van der Waals surface area contributed by atoms with E-state index in [9.17, 15) is 9.18 Å². The predicted molar refractivity (Wildman–Crippen MR) is 63.0 cm³/mol. The van der Waals surface area contributed by atoms with E-state index in [2.05, 4.69) is 0 Å². The molecule has 0 spiro atoms. The second kappa shape index (κ2) is 4.78. The van der Waals surface area contributed by atoms with Gasteiger partial charge in [-0.05, 0) is 36.8 Å². The number of aldehydes is 1. The van der Waals surface area contributed by atoms with Gasteiger partial charge in [-0.1, -0.05) is 18.2 Å². The average molecular weight is 230 g/mol. The zero-order chi connectivity index (χ0) is 12.3. The third kappa shape index (κ3) is 2.50. The first-order valence-corrected chi connectivity index (χ1v) is 5.19. The zero-order valence-electron chi connectivity index (χ0n) is 9.31. The largest absolute Gasteiger partial charge is 0.454 e.